The van der Waals surface area contributed by atoms with Crippen molar-refractivity contribution in [3.8, 4) is 0 Å². The molecule has 126 valence electrons. The van der Waals surface area contributed by atoms with Gasteiger partial charge in [-0.1, -0.05) is 54.6 Å². The van der Waals surface area contributed by atoms with Gasteiger partial charge in [-0.05, 0) is 24.3 Å². The Hall–Kier alpha value is -3.60. The van der Waals surface area contributed by atoms with Crippen LogP contribution < -0.4 is 5.01 Å². The highest BCUT2D eigenvalue weighted by molar-refractivity contribution is 6.34. The van der Waals surface area contributed by atoms with Crippen molar-refractivity contribution >= 4 is 23.1 Å². The zero-order valence-electron chi connectivity index (χ0n) is 13.8. The molecule has 0 aliphatic carbocycles. The van der Waals surface area contributed by atoms with Crippen molar-refractivity contribution in [1.29, 1.82) is 0 Å². The maximum absolute atomic E-state index is 13.1. The highest BCUT2D eigenvalue weighted by atomic mass is 16.2. The van der Waals surface area contributed by atoms with Crippen molar-refractivity contribution in [1.82, 2.24) is 4.98 Å². The fourth-order valence-electron chi connectivity index (χ4n) is 2.93. The van der Waals surface area contributed by atoms with Crippen LogP contribution in [-0.4, -0.2) is 22.4 Å². The van der Waals surface area contributed by atoms with Crippen molar-refractivity contribution in [2.75, 3.05) is 5.01 Å². The highest BCUT2D eigenvalue weighted by Gasteiger charge is 2.43. The van der Waals surface area contributed by atoms with Crippen molar-refractivity contribution in [3.63, 3.8) is 0 Å². The third-order valence-electron chi connectivity index (χ3n) is 4.19. The zero-order valence-corrected chi connectivity index (χ0v) is 13.8. The SMILES string of the molecule is O=C(c1ccccc1)C1C(=O)N(c2ccccc2)N=C1c1ccccn1. The number of Topliss-reactive ketones (excluding diaryl/α,β-unsaturated/α-hetero) is 1. The number of amides is 1. The molecule has 0 bridgehead atoms. The summed E-state index contributed by atoms with van der Waals surface area (Å²) in [5, 5.41) is 5.74. The lowest BCUT2D eigenvalue weighted by atomic mass is 9.91. The summed E-state index contributed by atoms with van der Waals surface area (Å²) in [5.74, 6) is -1.66. The topological polar surface area (TPSA) is 62.6 Å². The lowest BCUT2D eigenvalue weighted by Gasteiger charge is -2.13. The third kappa shape index (κ3) is 2.80. The Bertz CT molecular complexity index is 970. The van der Waals surface area contributed by atoms with Gasteiger partial charge in [-0.3, -0.25) is 14.6 Å². The summed E-state index contributed by atoms with van der Waals surface area (Å²) in [5.41, 5.74) is 1.99. The smallest absolute Gasteiger partial charge is 0.264 e. The molecule has 1 aliphatic heterocycles. The van der Waals surface area contributed by atoms with E-state index in [1.54, 1.807) is 54.7 Å². The maximum Gasteiger partial charge on any atom is 0.264 e. The number of hydrazone groups is 1. The summed E-state index contributed by atoms with van der Waals surface area (Å²) in [4.78, 5) is 30.4. The largest absolute Gasteiger partial charge is 0.293 e. The van der Waals surface area contributed by atoms with E-state index in [1.165, 1.54) is 5.01 Å². The van der Waals surface area contributed by atoms with Gasteiger partial charge in [0.2, 0.25) is 0 Å². The van der Waals surface area contributed by atoms with Crippen molar-refractivity contribution in [3.05, 3.63) is 96.3 Å². The van der Waals surface area contributed by atoms with Gasteiger partial charge in [0.1, 0.15) is 11.6 Å². The number of nitrogens with zero attached hydrogens (tertiary/aromatic N) is 3. The Morgan fingerprint density at radius 1 is 0.846 bits per heavy atom. The molecule has 0 saturated carbocycles. The van der Waals surface area contributed by atoms with E-state index in [-0.39, 0.29) is 11.7 Å². The molecule has 3 aromatic rings. The first-order chi connectivity index (χ1) is 12.8. The number of hydrogen-bond acceptors (Lipinski definition) is 4. The Kier molecular flexibility index (Phi) is 4.11. The van der Waals surface area contributed by atoms with Crippen LogP contribution in [0, 0.1) is 5.92 Å². The summed E-state index contributed by atoms with van der Waals surface area (Å²) < 4.78 is 0. The molecule has 0 saturated heterocycles. The monoisotopic (exact) mass is 341 g/mol. The van der Waals surface area contributed by atoms with Gasteiger partial charge in [-0.25, -0.2) is 0 Å². The normalized spacial score (nSPS) is 16.5. The van der Waals surface area contributed by atoms with E-state index in [0.717, 1.165) is 0 Å². The fraction of sp³-hybridized carbons (Fsp3) is 0.0476. The van der Waals surface area contributed by atoms with Crippen LogP contribution in [0.4, 0.5) is 5.69 Å². The Morgan fingerprint density at radius 3 is 2.15 bits per heavy atom. The number of anilines is 1. The van der Waals surface area contributed by atoms with E-state index in [0.29, 0.717) is 22.7 Å². The quantitative estimate of drug-likeness (QED) is 0.540. The van der Waals surface area contributed by atoms with Gasteiger partial charge in [-0.2, -0.15) is 10.1 Å². The van der Waals surface area contributed by atoms with Crippen LogP contribution >= 0.6 is 0 Å². The van der Waals surface area contributed by atoms with E-state index in [2.05, 4.69) is 10.1 Å². The van der Waals surface area contributed by atoms with Crippen LogP contribution in [0.15, 0.2) is 90.2 Å². The molecule has 0 fully saturated rings. The molecule has 1 aromatic heterocycles. The van der Waals surface area contributed by atoms with Gasteiger partial charge in [0.25, 0.3) is 5.91 Å². The van der Waals surface area contributed by atoms with Crippen LogP contribution in [0.3, 0.4) is 0 Å². The summed E-state index contributed by atoms with van der Waals surface area (Å²) in [7, 11) is 0. The first-order valence-corrected chi connectivity index (χ1v) is 8.24. The van der Waals surface area contributed by atoms with Gasteiger partial charge in [-0.15, -0.1) is 0 Å². The predicted octanol–water partition coefficient (Wildman–Crippen LogP) is 3.33. The van der Waals surface area contributed by atoms with E-state index in [1.807, 2.05) is 30.3 Å². The Labute approximate surface area is 150 Å². The first-order valence-electron chi connectivity index (χ1n) is 8.24. The highest BCUT2D eigenvalue weighted by Crippen LogP contribution is 2.28. The standard InChI is InChI=1S/C21H15N3O2/c25-20(15-9-3-1-4-10-15)18-19(17-13-7-8-14-22-17)23-24(21(18)26)16-11-5-2-6-12-16/h1-14,18H. The number of carbonyl (C=O) groups excluding carboxylic acids is 2. The van der Waals surface area contributed by atoms with E-state index in [4.69, 9.17) is 0 Å². The predicted molar refractivity (Wildman–Crippen MR) is 99.0 cm³/mol. The summed E-state index contributed by atoms with van der Waals surface area (Å²) in [6, 6.07) is 23.2. The molecule has 4 rings (SSSR count). The number of rotatable bonds is 4. The van der Waals surface area contributed by atoms with Crippen molar-refractivity contribution < 1.29 is 9.59 Å². The van der Waals surface area contributed by atoms with Crippen LogP contribution in [0.5, 0.6) is 0 Å². The lowest BCUT2D eigenvalue weighted by molar-refractivity contribution is -0.118. The van der Waals surface area contributed by atoms with Crippen LogP contribution in [0.2, 0.25) is 0 Å². The molecule has 1 unspecified atom stereocenters. The van der Waals surface area contributed by atoms with E-state index < -0.39 is 5.92 Å². The third-order valence-corrected chi connectivity index (χ3v) is 4.19. The van der Waals surface area contributed by atoms with E-state index >= 15 is 0 Å². The molecule has 2 aromatic carbocycles. The summed E-state index contributed by atoms with van der Waals surface area (Å²) in [6.07, 6.45) is 1.62. The van der Waals surface area contributed by atoms with Gasteiger partial charge >= 0.3 is 0 Å². The second-order valence-electron chi connectivity index (χ2n) is 5.85. The second-order valence-corrected chi connectivity index (χ2v) is 5.85. The summed E-state index contributed by atoms with van der Waals surface area (Å²) >= 11 is 0. The maximum atomic E-state index is 13.1. The zero-order chi connectivity index (χ0) is 17.9. The molecule has 0 radical (unpaired) electrons. The molecule has 5 nitrogen and oxygen atoms in total. The minimum atomic E-state index is -1.01. The van der Waals surface area contributed by atoms with Gasteiger partial charge in [0, 0.05) is 11.8 Å². The second kappa shape index (κ2) is 6.72. The van der Waals surface area contributed by atoms with Gasteiger partial charge < -0.3 is 0 Å². The average molecular weight is 341 g/mol. The van der Waals surface area contributed by atoms with Crippen LogP contribution in [0.1, 0.15) is 16.1 Å². The minimum absolute atomic E-state index is 0.279. The minimum Gasteiger partial charge on any atom is -0.293 e. The summed E-state index contributed by atoms with van der Waals surface area (Å²) in [6.45, 7) is 0. The molecule has 5 heteroatoms. The lowest BCUT2D eigenvalue weighted by Crippen LogP contribution is -2.33. The number of carbonyl (C=O) groups is 2. The number of hydrogen-bond donors (Lipinski definition) is 0. The van der Waals surface area contributed by atoms with Gasteiger partial charge in [0.15, 0.2) is 5.78 Å². The average Bonchev–Trinajstić information content (AvgIpc) is 3.06. The Balaban J connectivity index is 1.80. The Morgan fingerprint density at radius 2 is 1.50 bits per heavy atom. The molecule has 1 amide bonds. The number of benzene rings is 2. The number of pyridine rings is 1. The number of aromatic nitrogens is 1. The molecule has 2 heterocycles. The number of para-hydroxylation sites is 1. The van der Waals surface area contributed by atoms with Crippen LogP contribution in [-0.2, 0) is 4.79 Å². The molecular weight excluding hydrogens is 326 g/mol. The van der Waals surface area contributed by atoms with E-state index in [9.17, 15) is 9.59 Å². The van der Waals surface area contributed by atoms with Gasteiger partial charge in [0.05, 0.1) is 11.4 Å². The molecule has 0 spiro atoms. The van der Waals surface area contributed by atoms with Crippen LogP contribution in [0.25, 0.3) is 0 Å². The molecule has 0 N–H and O–H groups in total. The fourth-order valence-corrected chi connectivity index (χ4v) is 2.93. The molecule has 1 atom stereocenters. The number of ketones is 1. The molecular formula is C21H15N3O2. The molecule has 1 aliphatic rings. The first kappa shape index (κ1) is 15.9. The van der Waals surface area contributed by atoms with Crippen molar-refractivity contribution in [2.24, 2.45) is 11.0 Å². The molecule has 26 heavy (non-hydrogen) atoms. The van der Waals surface area contributed by atoms with Crippen molar-refractivity contribution in [2.45, 2.75) is 0 Å².